The molecule has 5 rings (SSSR count). The van der Waals surface area contributed by atoms with Crippen LogP contribution in [0.3, 0.4) is 0 Å². The van der Waals surface area contributed by atoms with Crippen molar-refractivity contribution in [2.75, 3.05) is 5.32 Å². The zero-order valence-corrected chi connectivity index (χ0v) is 25.8. The molecular weight excluding hydrogens is 529 g/mol. The smallest absolute Gasteiger partial charge is 0.123 e. The second-order valence-corrected chi connectivity index (χ2v) is 12.9. The summed E-state index contributed by atoms with van der Waals surface area (Å²) in [5.74, 6) is 0.471. The Morgan fingerprint density at radius 3 is 1.88 bits per heavy atom. The van der Waals surface area contributed by atoms with Crippen LogP contribution in [0.4, 0.5) is 5.69 Å². The molecule has 0 spiro atoms. The number of hydrogen-bond acceptors (Lipinski definition) is 2. The van der Waals surface area contributed by atoms with E-state index in [0.717, 1.165) is 55.5 Å². The van der Waals surface area contributed by atoms with E-state index in [0.29, 0.717) is 14.3 Å². The first-order chi connectivity index (χ1) is 20.6. The van der Waals surface area contributed by atoms with Gasteiger partial charge in [-0.2, -0.15) is 0 Å². The number of phenols is 1. The van der Waals surface area contributed by atoms with E-state index in [1.54, 1.807) is 0 Å². The minimum absolute atomic E-state index is 0.153. The third-order valence-electron chi connectivity index (χ3n) is 8.18. The van der Waals surface area contributed by atoms with Gasteiger partial charge < -0.3 is 10.4 Å². The Hall–Kier alpha value is -3.87. The van der Waals surface area contributed by atoms with Crippen LogP contribution in [0.5, 0.6) is 5.75 Å². The number of aromatic hydroxyl groups is 1. The van der Waals surface area contributed by atoms with Gasteiger partial charge in [-0.1, -0.05) is 144 Å². The molecule has 2 N–H and O–H groups in total. The number of benzene rings is 5. The fourth-order valence-electron chi connectivity index (χ4n) is 5.96. The van der Waals surface area contributed by atoms with Crippen molar-refractivity contribution in [3.8, 4) is 5.75 Å². The Morgan fingerprint density at radius 1 is 0.643 bits per heavy atom. The van der Waals surface area contributed by atoms with Crippen molar-refractivity contribution in [1.82, 2.24) is 0 Å². The summed E-state index contributed by atoms with van der Waals surface area (Å²) in [4.78, 5) is 0. The van der Waals surface area contributed by atoms with Gasteiger partial charge in [-0.05, 0) is 64.5 Å². The second-order valence-electron chi connectivity index (χ2n) is 11.2. The quantitative estimate of drug-likeness (QED) is 0.138. The first-order valence-corrected chi connectivity index (χ1v) is 16.2. The monoisotopic (exact) mass is 571 g/mol. The summed E-state index contributed by atoms with van der Waals surface area (Å²) in [5, 5.41) is 16.9. The normalized spacial score (nSPS) is 12.8. The molecule has 0 saturated heterocycles. The Labute approximate surface area is 253 Å². The summed E-state index contributed by atoms with van der Waals surface area (Å²) < 4.78 is 0. The minimum Gasteiger partial charge on any atom is -0.507 e. The Bertz CT molecular complexity index is 1550. The highest BCUT2D eigenvalue weighted by Crippen LogP contribution is 2.52. The van der Waals surface area contributed by atoms with E-state index < -0.39 is 0 Å². The van der Waals surface area contributed by atoms with Crippen molar-refractivity contribution < 1.29 is 5.11 Å². The number of rotatable bonds is 13. The molecular formula is C39H42NOP. The maximum atomic E-state index is 12.0. The van der Waals surface area contributed by atoms with Crippen LogP contribution in [0, 0.1) is 0 Å². The second kappa shape index (κ2) is 14.3. The minimum atomic E-state index is -0.153. The van der Waals surface area contributed by atoms with Crippen molar-refractivity contribution in [2.24, 2.45) is 0 Å². The van der Waals surface area contributed by atoms with E-state index in [4.69, 9.17) is 0 Å². The molecule has 0 aliphatic carbocycles. The lowest BCUT2D eigenvalue weighted by Crippen LogP contribution is -2.25. The molecule has 0 aliphatic heterocycles. The van der Waals surface area contributed by atoms with Crippen LogP contribution in [0.15, 0.2) is 127 Å². The molecule has 0 fully saturated rings. The van der Waals surface area contributed by atoms with Crippen LogP contribution in [0.1, 0.15) is 66.5 Å². The largest absolute Gasteiger partial charge is 0.507 e. The van der Waals surface area contributed by atoms with Crippen LogP contribution >= 0.6 is 8.58 Å². The molecule has 0 aromatic heterocycles. The zero-order chi connectivity index (χ0) is 29.2. The van der Waals surface area contributed by atoms with Gasteiger partial charge in [0.2, 0.25) is 0 Å². The van der Waals surface area contributed by atoms with E-state index in [9.17, 15) is 5.11 Å². The molecule has 214 valence electrons. The standard InChI is InChI=1S/C39H42NOP/c1-3-24-39(4-2,42-37-23-15-14-20-33(37)29-40-35-21-12-7-13-22-35)36-28-32(25-30-16-8-5-9-17-30)27-34(38(36)41)26-31-18-10-6-11-19-31/h5-23,27-28,40-42H,3-4,24-26,29H2,1-2H3. The van der Waals surface area contributed by atoms with E-state index in [1.807, 2.05) is 6.07 Å². The fraction of sp³-hybridized carbons (Fsp3) is 0.231. The summed E-state index contributed by atoms with van der Waals surface area (Å²) in [6.45, 7) is 5.35. The lowest BCUT2D eigenvalue weighted by Gasteiger charge is -2.36. The van der Waals surface area contributed by atoms with Crippen molar-refractivity contribution in [3.05, 3.63) is 161 Å². The number of anilines is 1. The first-order valence-electron chi connectivity index (χ1n) is 15.2. The van der Waals surface area contributed by atoms with Crippen LogP contribution in [0.25, 0.3) is 0 Å². The summed E-state index contributed by atoms with van der Waals surface area (Å²) in [6.07, 6.45) is 4.61. The van der Waals surface area contributed by atoms with Crippen molar-refractivity contribution in [3.63, 3.8) is 0 Å². The van der Waals surface area contributed by atoms with Gasteiger partial charge in [-0.3, -0.25) is 0 Å². The van der Waals surface area contributed by atoms with E-state index >= 15 is 0 Å². The Morgan fingerprint density at radius 2 is 1.24 bits per heavy atom. The highest BCUT2D eigenvalue weighted by Gasteiger charge is 2.34. The van der Waals surface area contributed by atoms with Crippen molar-refractivity contribution >= 4 is 19.6 Å². The van der Waals surface area contributed by atoms with Crippen LogP contribution in [0.2, 0.25) is 0 Å². The van der Waals surface area contributed by atoms with Gasteiger partial charge in [0.05, 0.1) is 0 Å². The van der Waals surface area contributed by atoms with Gasteiger partial charge >= 0.3 is 0 Å². The summed E-state index contributed by atoms with van der Waals surface area (Å²) >= 11 is 0. The zero-order valence-electron chi connectivity index (χ0n) is 24.8. The molecule has 0 bridgehead atoms. The Kier molecular flexibility index (Phi) is 10.1. The first kappa shape index (κ1) is 29.6. The van der Waals surface area contributed by atoms with Gasteiger partial charge in [0.1, 0.15) is 5.75 Å². The van der Waals surface area contributed by atoms with Gasteiger partial charge in [-0.25, -0.2) is 0 Å². The van der Waals surface area contributed by atoms with Gasteiger partial charge in [0.15, 0.2) is 0 Å². The average molecular weight is 572 g/mol. The van der Waals surface area contributed by atoms with E-state index in [2.05, 4.69) is 140 Å². The lowest BCUT2D eigenvalue weighted by atomic mass is 9.85. The van der Waals surface area contributed by atoms with Crippen LogP contribution in [-0.2, 0) is 24.5 Å². The number of phenolic OH excluding ortho intramolecular Hbond substituents is 1. The molecule has 5 aromatic carbocycles. The fourth-order valence-corrected chi connectivity index (χ4v) is 7.87. The van der Waals surface area contributed by atoms with E-state index in [1.165, 1.54) is 27.6 Å². The third-order valence-corrected chi connectivity index (χ3v) is 10.3. The molecule has 3 heteroatoms. The maximum absolute atomic E-state index is 12.0. The maximum Gasteiger partial charge on any atom is 0.123 e. The number of nitrogens with one attached hydrogen (secondary N) is 1. The summed E-state index contributed by atoms with van der Waals surface area (Å²) in [7, 11) is 0.541. The average Bonchev–Trinajstić information content (AvgIpc) is 3.03. The lowest BCUT2D eigenvalue weighted by molar-refractivity contribution is 0.437. The summed E-state index contributed by atoms with van der Waals surface area (Å²) in [5.41, 5.74) is 8.33. The molecule has 0 saturated carbocycles. The molecule has 0 amide bonds. The Balaban J connectivity index is 1.56. The SMILES string of the molecule is CCCC(CC)(Pc1ccccc1CNc1ccccc1)c1cc(Cc2ccccc2)cc(Cc2ccccc2)c1O. The predicted octanol–water partition coefficient (Wildman–Crippen LogP) is 9.60. The molecule has 2 unspecified atom stereocenters. The molecule has 0 heterocycles. The molecule has 2 atom stereocenters. The highest BCUT2D eigenvalue weighted by atomic mass is 31.1. The molecule has 0 aliphatic rings. The predicted molar refractivity (Wildman–Crippen MR) is 182 cm³/mol. The molecule has 0 radical (unpaired) electrons. The highest BCUT2D eigenvalue weighted by molar-refractivity contribution is 7.48. The third kappa shape index (κ3) is 7.30. The van der Waals surface area contributed by atoms with E-state index in [-0.39, 0.29) is 5.16 Å². The van der Waals surface area contributed by atoms with Gasteiger partial charge in [0.25, 0.3) is 0 Å². The number of hydrogen-bond donors (Lipinski definition) is 2. The van der Waals surface area contributed by atoms with Gasteiger partial charge in [0, 0.05) is 29.4 Å². The van der Waals surface area contributed by atoms with Gasteiger partial charge in [-0.15, -0.1) is 0 Å². The van der Waals surface area contributed by atoms with Crippen LogP contribution in [-0.4, -0.2) is 5.11 Å². The molecule has 42 heavy (non-hydrogen) atoms. The molecule has 5 aromatic rings. The van der Waals surface area contributed by atoms with Crippen LogP contribution < -0.4 is 10.6 Å². The summed E-state index contributed by atoms with van der Waals surface area (Å²) in [6, 6.07) is 45.0. The molecule has 2 nitrogen and oxygen atoms in total. The van der Waals surface area contributed by atoms with Crippen molar-refractivity contribution in [1.29, 1.82) is 0 Å². The number of para-hydroxylation sites is 1. The van der Waals surface area contributed by atoms with Crippen molar-refractivity contribution in [2.45, 2.75) is 57.7 Å². The topological polar surface area (TPSA) is 32.3 Å².